The Morgan fingerprint density at radius 2 is 2.50 bits per heavy atom. The summed E-state index contributed by atoms with van der Waals surface area (Å²) in [7, 11) is 0. The van der Waals surface area contributed by atoms with E-state index in [0.717, 1.165) is 10.2 Å². The predicted octanol–water partition coefficient (Wildman–Crippen LogP) is 0.626. The molecule has 20 heavy (non-hydrogen) atoms. The van der Waals surface area contributed by atoms with Gasteiger partial charge in [0, 0.05) is 17.0 Å². The van der Waals surface area contributed by atoms with Gasteiger partial charge in [-0.25, -0.2) is 9.89 Å². The maximum Gasteiger partial charge on any atom is 0.366 e. The zero-order valence-corrected chi connectivity index (χ0v) is 11.2. The zero-order chi connectivity index (χ0) is 14.5. The SMILES string of the molecule is C=Cc1csc(-n2nn[nH]c2=O)c1COC(=N)/C=C\N. The van der Waals surface area contributed by atoms with E-state index in [0.29, 0.717) is 10.6 Å². The molecule has 0 fully saturated rings. The summed E-state index contributed by atoms with van der Waals surface area (Å²) in [6.45, 7) is 3.80. The minimum absolute atomic E-state index is 0.0767. The molecule has 2 rings (SSSR count). The van der Waals surface area contributed by atoms with Crippen molar-refractivity contribution >= 4 is 23.3 Å². The number of H-pyrrole nitrogens is 1. The smallest absolute Gasteiger partial charge is 0.366 e. The Balaban J connectivity index is 2.33. The fraction of sp³-hybridized carbons (Fsp3) is 0.0909. The minimum Gasteiger partial charge on any atom is -0.473 e. The Labute approximate surface area is 117 Å². The third kappa shape index (κ3) is 2.67. The van der Waals surface area contributed by atoms with Crippen LogP contribution in [0.25, 0.3) is 11.1 Å². The Morgan fingerprint density at radius 3 is 3.10 bits per heavy atom. The molecule has 9 heteroatoms. The van der Waals surface area contributed by atoms with Gasteiger partial charge in [0.15, 0.2) is 0 Å². The topological polar surface area (TPSA) is 123 Å². The van der Waals surface area contributed by atoms with Crippen molar-refractivity contribution in [2.24, 2.45) is 5.73 Å². The minimum atomic E-state index is -0.444. The lowest BCUT2D eigenvalue weighted by Gasteiger charge is -2.06. The largest absolute Gasteiger partial charge is 0.473 e. The average molecular weight is 292 g/mol. The molecule has 2 heterocycles. The molecule has 2 aromatic rings. The lowest BCUT2D eigenvalue weighted by atomic mass is 10.2. The van der Waals surface area contributed by atoms with Gasteiger partial charge in [-0.05, 0) is 22.2 Å². The second-order valence-electron chi connectivity index (χ2n) is 3.61. The number of nitrogens with zero attached hydrogens (tertiary/aromatic N) is 3. The first kappa shape index (κ1) is 13.7. The van der Waals surface area contributed by atoms with E-state index in [1.165, 1.54) is 23.6 Å². The van der Waals surface area contributed by atoms with E-state index in [1.54, 1.807) is 6.08 Å². The van der Waals surface area contributed by atoms with Crippen LogP contribution in [0.4, 0.5) is 0 Å². The standard InChI is InChI=1S/C11H12N6O2S/c1-2-7-6-20-10(17-11(18)14-15-16-17)8(7)5-19-9(13)3-4-12/h2-4,6,13H,1,5,12H2,(H,14,16,18)/b4-3-,13-9?. The molecule has 0 aromatic carbocycles. The molecule has 0 spiro atoms. The zero-order valence-electron chi connectivity index (χ0n) is 10.4. The van der Waals surface area contributed by atoms with Gasteiger partial charge >= 0.3 is 5.69 Å². The summed E-state index contributed by atoms with van der Waals surface area (Å²) in [5, 5.41) is 19.2. The summed E-state index contributed by atoms with van der Waals surface area (Å²) >= 11 is 1.31. The van der Waals surface area contributed by atoms with Crippen molar-refractivity contribution in [2.45, 2.75) is 6.61 Å². The number of nitrogens with one attached hydrogen (secondary N) is 2. The van der Waals surface area contributed by atoms with Crippen molar-refractivity contribution in [3.63, 3.8) is 0 Å². The summed E-state index contributed by atoms with van der Waals surface area (Å²) in [6.07, 6.45) is 4.18. The summed E-state index contributed by atoms with van der Waals surface area (Å²) < 4.78 is 6.39. The van der Waals surface area contributed by atoms with Crippen molar-refractivity contribution in [3.05, 3.63) is 45.8 Å². The molecule has 4 N–H and O–H groups in total. The van der Waals surface area contributed by atoms with E-state index in [2.05, 4.69) is 22.1 Å². The molecule has 0 aliphatic rings. The molecule has 0 saturated heterocycles. The fourth-order valence-corrected chi connectivity index (χ4v) is 2.51. The number of ether oxygens (including phenoxy) is 1. The highest BCUT2D eigenvalue weighted by atomic mass is 32.1. The van der Waals surface area contributed by atoms with Crippen molar-refractivity contribution < 1.29 is 4.74 Å². The monoisotopic (exact) mass is 292 g/mol. The van der Waals surface area contributed by atoms with E-state index in [-0.39, 0.29) is 12.5 Å². The second-order valence-corrected chi connectivity index (χ2v) is 4.47. The lowest BCUT2D eigenvalue weighted by Crippen LogP contribution is -2.16. The van der Waals surface area contributed by atoms with Gasteiger partial charge in [0.1, 0.15) is 11.6 Å². The van der Waals surface area contributed by atoms with E-state index in [4.69, 9.17) is 15.9 Å². The van der Waals surface area contributed by atoms with Crippen LogP contribution in [0.1, 0.15) is 11.1 Å². The Morgan fingerprint density at radius 1 is 1.70 bits per heavy atom. The Hall–Kier alpha value is -2.68. The van der Waals surface area contributed by atoms with Gasteiger partial charge < -0.3 is 10.5 Å². The first-order valence-corrected chi connectivity index (χ1v) is 6.38. The van der Waals surface area contributed by atoms with Gasteiger partial charge in [-0.15, -0.1) is 16.0 Å². The summed E-state index contributed by atoms with van der Waals surface area (Å²) in [6, 6.07) is 0. The third-order valence-corrected chi connectivity index (χ3v) is 3.42. The molecule has 0 saturated carbocycles. The van der Waals surface area contributed by atoms with Crippen LogP contribution >= 0.6 is 11.3 Å². The molecule has 0 aliphatic carbocycles. The van der Waals surface area contributed by atoms with Crippen LogP contribution in [0.3, 0.4) is 0 Å². The van der Waals surface area contributed by atoms with E-state index < -0.39 is 5.69 Å². The van der Waals surface area contributed by atoms with Crippen LogP contribution in [0.5, 0.6) is 0 Å². The molecule has 0 atom stereocenters. The molecule has 2 aromatic heterocycles. The van der Waals surface area contributed by atoms with Crippen molar-refractivity contribution in [2.75, 3.05) is 0 Å². The molecule has 0 unspecified atom stereocenters. The van der Waals surface area contributed by atoms with Gasteiger partial charge in [0.2, 0.25) is 5.90 Å². The highest BCUT2D eigenvalue weighted by Crippen LogP contribution is 2.26. The van der Waals surface area contributed by atoms with Crippen LogP contribution in [0.2, 0.25) is 0 Å². The highest BCUT2D eigenvalue weighted by Gasteiger charge is 2.15. The Bertz CT molecular complexity index is 711. The average Bonchev–Trinajstić information content (AvgIpc) is 3.02. The van der Waals surface area contributed by atoms with Crippen LogP contribution in [-0.2, 0) is 11.3 Å². The summed E-state index contributed by atoms with van der Waals surface area (Å²) in [5.41, 5.74) is 6.25. The normalized spacial score (nSPS) is 10.8. The van der Waals surface area contributed by atoms with E-state index in [9.17, 15) is 4.79 Å². The van der Waals surface area contributed by atoms with Gasteiger partial charge in [-0.2, -0.15) is 0 Å². The first-order chi connectivity index (χ1) is 9.67. The third-order valence-electron chi connectivity index (χ3n) is 2.41. The second kappa shape index (κ2) is 5.97. The van der Waals surface area contributed by atoms with Crippen LogP contribution < -0.4 is 11.4 Å². The van der Waals surface area contributed by atoms with Gasteiger partial charge in [-0.3, -0.25) is 5.41 Å². The molecule has 8 nitrogen and oxygen atoms in total. The Kier molecular flexibility index (Phi) is 4.11. The number of rotatable bonds is 5. The lowest BCUT2D eigenvalue weighted by molar-refractivity contribution is 0.292. The molecular formula is C11H12N6O2S. The van der Waals surface area contributed by atoms with E-state index >= 15 is 0 Å². The highest BCUT2D eigenvalue weighted by molar-refractivity contribution is 7.13. The predicted molar refractivity (Wildman–Crippen MR) is 75.8 cm³/mol. The molecule has 0 amide bonds. The number of hydrogen-bond donors (Lipinski definition) is 3. The summed E-state index contributed by atoms with van der Waals surface area (Å²) in [5.74, 6) is -0.0767. The number of tetrazole rings is 1. The molecule has 0 bridgehead atoms. The maximum absolute atomic E-state index is 11.6. The van der Waals surface area contributed by atoms with Crippen molar-refractivity contribution in [1.82, 2.24) is 20.2 Å². The molecular weight excluding hydrogens is 280 g/mol. The molecule has 0 radical (unpaired) electrons. The quantitative estimate of drug-likeness (QED) is 0.551. The van der Waals surface area contributed by atoms with Gasteiger partial charge in [0.05, 0.1) is 0 Å². The van der Waals surface area contributed by atoms with Crippen LogP contribution in [0, 0.1) is 5.41 Å². The van der Waals surface area contributed by atoms with Crippen LogP contribution in [0.15, 0.2) is 29.0 Å². The summed E-state index contributed by atoms with van der Waals surface area (Å²) in [4.78, 5) is 11.6. The molecule has 104 valence electrons. The number of aromatic nitrogens is 4. The number of hydrogen-bond acceptors (Lipinski definition) is 7. The van der Waals surface area contributed by atoms with Crippen molar-refractivity contribution in [1.29, 1.82) is 5.41 Å². The van der Waals surface area contributed by atoms with Crippen molar-refractivity contribution in [3.8, 4) is 5.00 Å². The maximum atomic E-state index is 11.6. The van der Waals surface area contributed by atoms with Gasteiger partial charge in [0.25, 0.3) is 0 Å². The molecule has 0 aliphatic heterocycles. The van der Waals surface area contributed by atoms with Crippen LogP contribution in [-0.4, -0.2) is 26.1 Å². The number of nitrogens with two attached hydrogens (primary N) is 1. The number of aromatic amines is 1. The van der Waals surface area contributed by atoms with E-state index in [1.807, 2.05) is 5.38 Å². The first-order valence-electron chi connectivity index (χ1n) is 5.50. The number of thiophene rings is 1. The fourth-order valence-electron chi connectivity index (χ4n) is 1.50. The van der Waals surface area contributed by atoms with Gasteiger partial charge in [-0.1, -0.05) is 12.7 Å².